The van der Waals surface area contributed by atoms with Gasteiger partial charge in [0.05, 0.1) is 27.4 Å². The van der Waals surface area contributed by atoms with Gasteiger partial charge in [0.25, 0.3) is 10.0 Å². The highest BCUT2D eigenvalue weighted by Gasteiger charge is 2.32. The average Bonchev–Trinajstić information content (AvgIpc) is 2.73. The van der Waals surface area contributed by atoms with Crippen LogP contribution in [0.25, 0.3) is 0 Å². The Hall–Kier alpha value is -3.14. The lowest BCUT2D eigenvalue weighted by Crippen LogP contribution is -2.33. The molecule has 0 fully saturated rings. The molecule has 10 heteroatoms. The molecular weight excluding hydrogens is 401 g/mol. The number of carbonyl (C=O) groups excluding carboxylic acids is 2. The van der Waals surface area contributed by atoms with Gasteiger partial charge in [-0.3, -0.25) is 14.3 Å². The quantitative estimate of drug-likeness (QED) is 0.702. The van der Waals surface area contributed by atoms with Gasteiger partial charge in [-0.1, -0.05) is 0 Å². The van der Waals surface area contributed by atoms with Gasteiger partial charge in [-0.15, -0.1) is 0 Å². The van der Waals surface area contributed by atoms with Crippen LogP contribution < -0.4 is 20.1 Å². The zero-order chi connectivity index (χ0) is 21.4. The van der Waals surface area contributed by atoms with Gasteiger partial charge in [-0.05, 0) is 44.2 Å². The minimum atomic E-state index is -4.10. The van der Waals surface area contributed by atoms with Gasteiger partial charge in [0.1, 0.15) is 18.2 Å². The predicted octanol–water partition coefficient (Wildman–Crippen LogP) is 2.94. The summed E-state index contributed by atoms with van der Waals surface area (Å²) in [6.45, 7) is 4.81. The van der Waals surface area contributed by atoms with E-state index in [4.69, 9.17) is 4.74 Å². The third-order valence-corrected chi connectivity index (χ3v) is 5.63. The van der Waals surface area contributed by atoms with E-state index in [9.17, 15) is 22.4 Å². The van der Waals surface area contributed by atoms with Crippen molar-refractivity contribution < 1.29 is 27.1 Å². The van der Waals surface area contributed by atoms with Crippen LogP contribution in [0, 0.1) is 11.2 Å². The van der Waals surface area contributed by atoms with Crippen molar-refractivity contribution >= 4 is 38.9 Å². The van der Waals surface area contributed by atoms with Gasteiger partial charge < -0.3 is 15.4 Å². The third-order valence-electron chi connectivity index (χ3n) is 4.25. The number of sulfonamides is 1. The summed E-state index contributed by atoms with van der Waals surface area (Å²) in [6, 6.07) is 7.59. The number of ether oxygens (including phenoxy) is 1. The molecule has 3 N–H and O–H groups in total. The molecule has 154 valence electrons. The van der Waals surface area contributed by atoms with E-state index in [0.29, 0.717) is 11.4 Å². The van der Waals surface area contributed by atoms with E-state index < -0.39 is 27.2 Å². The van der Waals surface area contributed by atoms with Gasteiger partial charge in [0.2, 0.25) is 11.8 Å². The summed E-state index contributed by atoms with van der Waals surface area (Å²) < 4.78 is 47.3. The summed E-state index contributed by atoms with van der Waals surface area (Å²) >= 11 is 0. The normalized spacial score (nSPS) is 15.4. The molecule has 0 bridgehead atoms. The number of carbonyl (C=O) groups is 2. The largest absolute Gasteiger partial charge is 0.490 e. The van der Waals surface area contributed by atoms with E-state index in [1.165, 1.54) is 37.3 Å². The van der Waals surface area contributed by atoms with Crippen LogP contribution in [0.15, 0.2) is 41.3 Å². The molecule has 0 saturated carbocycles. The Labute approximate surface area is 167 Å². The standard InChI is InChI=1S/C19H20FN3O5S/c1-11(24)21-15-7-5-13(9-14(15)20)29(26,27)23-12-4-6-16-17(8-12)28-10-19(2,3)18(25)22-16/h4-9,23H,10H2,1-3H3,(H,21,24)(H,22,25). The second-order valence-corrected chi connectivity index (χ2v) is 8.95. The zero-order valence-corrected chi connectivity index (χ0v) is 16.8. The molecule has 0 unspecified atom stereocenters. The molecule has 0 aliphatic carbocycles. The number of hydrogen-bond donors (Lipinski definition) is 3. The summed E-state index contributed by atoms with van der Waals surface area (Å²) in [6.07, 6.45) is 0. The lowest BCUT2D eigenvalue weighted by atomic mass is 9.94. The monoisotopic (exact) mass is 421 g/mol. The van der Waals surface area contributed by atoms with Crippen molar-refractivity contribution in [2.24, 2.45) is 5.41 Å². The molecule has 29 heavy (non-hydrogen) atoms. The maximum absolute atomic E-state index is 14.1. The van der Waals surface area contributed by atoms with Crippen molar-refractivity contribution in [2.45, 2.75) is 25.7 Å². The highest BCUT2D eigenvalue weighted by atomic mass is 32.2. The van der Waals surface area contributed by atoms with E-state index in [1.807, 2.05) is 0 Å². The van der Waals surface area contributed by atoms with Gasteiger partial charge >= 0.3 is 0 Å². The Balaban J connectivity index is 1.85. The number of halogens is 1. The molecule has 1 aliphatic heterocycles. The number of anilines is 3. The lowest BCUT2D eigenvalue weighted by molar-refractivity contribution is -0.125. The second-order valence-electron chi connectivity index (χ2n) is 7.27. The average molecular weight is 421 g/mol. The van der Waals surface area contributed by atoms with Crippen LogP contribution in [-0.4, -0.2) is 26.8 Å². The smallest absolute Gasteiger partial charge is 0.262 e. The molecule has 0 aromatic heterocycles. The molecule has 0 spiro atoms. The van der Waals surface area contributed by atoms with Gasteiger partial charge in [-0.2, -0.15) is 0 Å². The summed E-state index contributed by atoms with van der Waals surface area (Å²) in [5, 5.41) is 5.01. The van der Waals surface area contributed by atoms with Gasteiger partial charge in [0, 0.05) is 13.0 Å². The number of hydrogen-bond acceptors (Lipinski definition) is 5. The van der Waals surface area contributed by atoms with Crippen LogP contribution >= 0.6 is 0 Å². The van der Waals surface area contributed by atoms with Crippen molar-refractivity contribution in [3.8, 4) is 5.75 Å². The molecule has 2 aromatic carbocycles. The molecule has 3 rings (SSSR count). The van der Waals surface area contributed by atoms with Crippen LogP contribution in [0.5, 0.6) is 5.75 Å². The van der Waals surface area contributed by atoms with E-state index in [1.54, 1.807) is 13.8 Å². The van der Waals surface area contributed by atoms with Crippen LogP contribution in [0.4, 0.5) is 21.5 Å². The van der Waals surface area contributed by atoms with Crippen LogP contribution in [0.3, 0.4) is 0 Å². The molecule has 0 radical (unpaired) electrons. The van der Waals surface area contributed by atoms with Crippen molar-refractivity contribution in [1.29, 1.82) is 0 Å². The van der Waals surface area contributed by atoms with E-state index in [2.05, 4.69) is 15.4 Å². The molecule has 2 amide bonds. The van der Waals surface area contributed by atoms with Crippen molar-refractivity contribution in [1.82, 2.24) is 0 Å². The first-order valence-corrected chi connectivity index (χ1v) is 10.1. The van der Waals surface area contributed by atoms with Crippen molar-refractivity contribution in [3.63, 3.8) is 0 Å². The van der Waals surface area contributed by atoms with Crippen LogP contribution in [0.2, 0.25) is 0 Å². The van der Waals surface area contributed by atoms with Crippen LogP contribution in [-0.2, 0) is 19.6 Å². The lowest BCUT2D eigenvalue weighted by Gasteiger charge is -2.18. The molecule has 8 nitrogen and oxygen atoms in total. The fourth-order valence-electron chi connectivity index (χ4n) is 2.59. The minimum absolute atomic E-state index is 0.117. The number of rotatable bonds is 4. The Kier molecular flexibility index (Phi) is 5.22. The van der Waals surface area contributed by atoms with Gasteiger partial charge in [-0.25, -0.2) is 12.8 Å². The molecule has 1 heterocycles. The topological polar surface area (TPSA) is 114 Å². The fraction of sp³-hybridized carbons (Fsp3) is 0.263. The maximum atomic E-state index is 14.1. The van der Waals surface area contributed by atoms with Crippen molar-refractivity contribution in [2.75, 3.05) is 22.0 Å². The highest BCUT2D eigenvalue weighted by molar-refractivity contribution is 7.92. The number of amides is 2. The second kappa shape index (κ2) is 7.36. The molecule has 1 aliphatic rings. The Bertz CT molecular complexity index is 1100. The Morgan fingerprint density at radius 3 is 2.59 bits per heavy atom. The number of nitrogens with one attached hydrogen (secondary N) is 3. The summed E-state index contributed by atoms with van der Waals surface area (Å²) in [4.78, 5) is 22.9. The number of benzene rings is 2. The Morgan fingerprint density at radius 1 is 1.21 bits per heavy atom. The Morgan fingerprint density at radius 2 is 1.93 bits per heavy atom. The molecule has 0 atom stereocenters. The zero-order valence-electron chi connectivity index (χ0n) is 16.0. The first-order chi connectivity index (χ1) is 13.5. The highest BCUT2D eigenvalue weighted by Crippen LogP contribution is 2.35. The summed E-state index contributed by atoms with van der Waals surface area (Å²) in [7, 11) is -4.10. The molecular formula is C19H20FN3O5S. The SMILES string of the molecule is CC(=O)Nc1ccc(S(=O)(=O)Nc2ccc3c(c2)OCC(C)(C)C(=O)N3)cc1F. The van der Waals surface area contributed by atoms with Crippen molar-refractivity contribution in [3.05, 3.63) is 42.2 Å². The van der Waals surface area contributed by atoms with E-state index in [0.717, 1.165) is 6.07 Å². The summed E-state index contributed by atoms with van der Waals surface area (Å²) in [5.74, 6) is -1.24. The first kappa shape index (κ1) is 20.6. The van der Waals surface area contributed by atoms with E-state index in [-0.39, 0.29) is 28.8 Å². The fourth-order valence-corrected chi connectivity index (χ4v) is 3.65. The number of fused-ring (bicyclic) bond motifs is 1. The molecule has 2 aromatic rings. The third kappa shape index (κ3) is 4.48. The predicted molar refractivity (Wildman–Crippen MR) is 106 cm³/mol. The maximum Gasteiger partial charge on any atom is 0.262 e. The summed E-state index contributed by atoms with van der Waals surface area (Å²) in [5.41, 5.74) is -0.252. The minimum Gasteiger partial charge on any atom is -0.490 e. The van der Waals surface area contributed by atoms with Crippen LogP contribution in [0.1, 0.15) is 20.8 Å². The first-order valence-electron chi connectivity index (χ1n) is 8.66. The van der Waals surface area contributed by atoms with E-state index >= 15 is 0 Å². The van der Waals surface area contributed by atoms with Gasteiger partial charge in [0.15, 0.2) is 0 Å². The molecule has 0 saturated heterocycles.